The summed E-state index contributed by atoms with van der Waals surface area (Å²) in [5.74, 6) is 0. The van der Waals surface area contributed by atoms with Crippen LogP contribution in [-0.4, -0.2) is 9.97 Å². The van der Waals surface area contributed by atoms with Gasteiger partial charge in [0.25, 0.3) is 0 Å². The topological polar surface area (TPSA) is 25.8 Å². The van der Waals surface area contributed by atoms with Gasteiger partial charge in [0, 0.05) is 34.6 Å². The molecule has 0 unspecified atom stereocenters. The van der Waals surface area contributed by atoms with Crippen LogP contribution in [0.1, 0.15) is 120 Å². The van der Waals surface area contributed by atoms with E-state index in [4.69, 9.17) is 0 Å². The fraction of sp³-hybridized carbons (Fsp3) is 0.643. The van der Waals surface area contributed by atoms with Gasteiger partial charge in [0.15, 0.2) is 0 Å². The van der Waals surface area contributed by atoms with E-state index in [0.717, 1.165) is 11.4 Å². The third-order valence-corrected chi connectivity index (χ3v) is 4.80. The van der Waals surface area contributed by atoms with Crippen LogP contribution >= 0.6 is 0 Å². The molecular weight excluding hydrogens is 364 g/mol. The Balaban J connectivity index is 0. The molecule has 0 spiro atoms. The number of hydrogen-bond donors (Lipinski definition) is 0. The molecule has 2 nitrogen and oxygen atoms in total. The van der Waals surface area contributed by atoms with Crippen LogP contribution in [0, 0.1) is 0 Å². The van der Waals surface area contributed by atoms with Crippen molar-refractivity contribution in [2.75, 3.05) is 0 Å². The molecule has 172 valence electrons. The molecule has 0 atom stereocenters. The van der Waals surface area contributed by atoms with Gasteiger partial charge in [0.1, 0.15) is 0 Å². The van der Waals surface area contributed by atoms with Gasteiger partial charge in [0.05, 0.1) is 0 Å². The molecule has 0 aliphatic rings. The summed E-state index contributed by atoms with van der Waals surface area (Å²) in [5.41, 5.74) is 5.60. The summed E-state index contributed by atoms with van der Waals surface area (Å²) in [5, 5.41) is 0. The number of aromatic nitrogens is 2. The summed E-state index contributed by atoms with van der Waals surface area (Å²) < 4.78 is 0. The second-order valence-corrected chi connectivity index (χ2v) is 11.9. The van der Waals surface area contributed by atoms with Crippen LogP contribution < -0.4 is 0 Å². The van der Waals surface area contributed by atoms with Crippen molar-refractivity contribution in [3.8, 4) is 0 Å². The highest BCUT2D eigenvalue weighted by Crippen LogP contribution is 2.26. The zero-order valence-corrected chi connectivity index (χ0v) is 20.4. The van der Waals surface area contributed by atoms with Crippen molar-refractivity contribution >= 4 is 0 Å². The second kappa shape index (κ2) is 10.6. The summed E-state index contributed by atoms with van der Waals surface area (Å²) >= 11 is 0. The summed E-state index contributed by atoms with van der Waals surface area (Å²) in [4.78, 5) is 9.03. The minimum Gasteiger partial charge on any atom is -0.260 e. The zero-order chi connectivity index (χ0) is 22.0. The van der Waals surface area contributed by atoms with E-state index in [-0.39, 0.29) is 36.5 Å². The molecule has 2 aromatic rings. The van der Waals surface area contributed by atoms with Gasteiger partial charge in [-0.2, -0.15) is 0 Å². The molecule has 0 saturated heterocycles. The van der Waals surface area contributed by atoms with Crippen molar-refractivity contribution in [1.29, 1.82) is 0 Å². The average molecular weight is 415 g/mol. The molecule has 2 rings (SSSR count). The quantitative estimate of drug-likeness (QED) is 0.431. The lowest BCUT2D eigenvalue weighted by atomic mass is 9.86. The Labute approximate surface area is 189 Å². The normalized spacial score (nSPS) is 12.1. The van der Waals surface area contributed by atoms with E-state index in [1.165, 1.54) is 11.1 Å². The molecule has 0 radical (unpaired) electrons. The smallest absolute Gasteiger partial charge is 0.0457 e. The molecule has 0 N–H and O–H groups in total. The molecular formula is C28H50N2. The molecule has 2 heteroatoms. The third kappa shape index (κ3) is 9.41. The van der Waals surface area contributed by atoms with E-state index in [9.17, 15) is 0 Å². The SMILES string of the molecule is C.C.CC(C)(C)c1ccc(C(C)(C)C)nc1.CC(C)(C)c1ccc(C(C)(C)C)nc1. The van der Waals surface area contributed by atoms with Crippen molar-refractivity contribution in [3.05, 3.63) is 59.2 Å². The van der Waals surface area contributed by atoms with Crippen molar-refractivity contribution in [3.63, 3.8) is 0 Å². The molecule has 0 bridgehead atoms. The minimum atomic E-state index is 0. The van der Waals surface area contributed by atoms with E-state index in [1.807, 2.05) is 12.4 Å². The maximum atomic E-state index is 4.52. The van der Waals surface area contributed by atoms with Crippen LogP contribution in [0.25, 0.3) is 0 Å². The van der Waals surface area contributed by atoms with Gasteiger partial charge >= 0.3 is 0 Å². The predicted octanol–water partition coefficient (Wildman–Crippen LogP) is 8.63. The van der Waals surface area contributed by atoms with Crippen LogP contribution in [0.2, 0.25) is 0 Å². The summed E-state index contributed by atoms with van der Waals surface area (Å²) in [7, 11) is 0. The highest BCUT2D eigenvalue weighted by Gasteiger charge is 2.19. The largest absolute Gasteiger partial charge is 0.260 e. The standard InChI is InChI=1S/2C13H21N.2CH4/c2*1-12(2,3)10-7-8-11(14-9-10)13(4,5)6;;/h2*7-9H,1-6H3;2*1H4. The summed E-state index contributed by atoms with van der Waals surface area (Å²) in [6.07, 6.45) is 4.00. The Kier molecular flexibility index (Phi) is 10.7. The van der Waals surface area contributed by atoms with E-state index in [2.05, 4.69) is 117 Å². The maximum absolute atomic E-state index is 4.52. The lowest BCUT2D eigenvalue weighted by molar-refractivity contribution is 0.556. The van der Waals surface area contributed by atoms with E-state index in [1.54, 1.807) is 0 Å². The van der Waals surface area contributed by atoms with Gasteiger partial charge in [-0.05, 0) is 34.1 Å². The molecule has 0 fully saturated rings. The van der Waals surface area contributed by atoms with Gasteiger partial charge in [0.2, 0.25) is 0 Å². The number of hydrogen-bond acceptors (Lipinski definition) is 2. The van der Waals surface area contributed by atoms with Crippen LogP contribution in [0.5, 0.6) is 0 Å². The van der Waals surface area contributed by atoms with E-state index in [0.29, 0.717) is 0 Å². The first-order chi connectivity index (χ1) is 12.4. The molecule has 2 heterocycles. The molecule has 0 saturated carbocycles. The Hall–Kier alpha value is -1.70. The first-order valence-corrected chi connectivity index (χ1v) is 10.4. The molecule has 0 aliphatic heterocycles. The van der Waals surface area contributed by atoms with Gasteiger partial charge in [-0.25, -0.2) is 0 Å². The first kappa shape index (κ1) is 30.5. The summed E-state index contributed by atoms with van der Waals surface area (Å²) in [6.45, 7) is 26.4. The predicted molar refractivity (Wildman–Crippen MR) is 137 cm³/mol. The maximum Gasteiger partial charge on any atom is 0.0457 e. The lowest BCUT2D eigenvalue weighted by Gasteiger charge is -2.22. The number of nitrogens with zero attached hydrogens (tertiary/aromatic N) is 2. The van der Waals surface area contributed by atoms with Gasteiger partial charge in [-0.15, -0.1) is 0 Å². The molecule has 2 aromatic heterocycles. The fourth-order valence-corrected chi connectivity index (χ4v) is 2.56. The zero-order valence-electron chi connectivity index (χ0n) is 20.4. The average Bonchev–Trinajstić information content (AvgIpc) is 2.52. The number of pyridine rings is 2. The second-order valence-electron chi connectivity index (χ2n) is 11.9. The Bertz CT molecular complexity index is 593. The molecule has 0 aromatic carbocycles. The monoisotopic (exact) mass is 414 g/mol. The Morgan fingerprint density at radius 2 is 0.700 bits per heavy atom. The van der Waals surface area contributed by atoms with Gasteiger partial charge in [-0.1, -0.05) is 110 Å². The Morgan fingerprint density at radius 3 is 0.833 bits per heavy atom. The highest BCUT2D eigenvalue weighted by atomic mass is 14.7. The first-order valence-electron chi connectivity index (χ1n) is 10.4. The van der Waals surface area contributed by atoms with E-state index >= 15 is 0 Å². The lowest BCUT2D eigenvalue weighted by Crippen LogP contribution is -2.16. The van der Waals surface area contributed by atoms with Crippen molar-refractivity contribution < 1.29 is 0 Å². The molecule has 30 heavy (non-hydrogen) atoms. The van der Waals surface area contributed by atoms with Crippen LogP contribution in [0.15, 0.2) is 36.7 Å². The van der Waals surface area contributed by atoms with Crippen molar-refractivity contribution in [2.45, 2.75) is 120 Å². The van der Waals surface area contributed by atoms with Gasteiger partial charge < -0.3 is 0 Å². The van der Waals surface area contributed by atoms with Gasteiger partial charge in [-0.3, -0.25) is 9.97 Å². The minimum absolute atomic E-state index is 0. The van der Waals surface area contributed by atoms with Crippen LogP contribution in [-0.2, 0) is 21.7 Å². The van der Waals surface area contributed by atoms with E-state index < -0.39 is 0 Å². The third-order valence-electron chi connectivity index (χ3n) is 4.80. The molecule has 0 aliphatic carbocycles. The summed E-state index contributed by atoms with van der Waals surface area (Å²) in [6, 6.07) is 8.66. The highest BCUT2D eigenvalue weighted by molar-refractivity contribution is 5.25. The fourth-order valence-electron chi connectivity index (χ4n) is 2.56. The Morgan fingerprint density at radius 1 is 0.433 bits per heavy atom. The number of rotatable bonds is 0. The van der Waals surface area contributed by atoms with Crippen LogP contribution in [0.3, 0.4) is 0 Å². The van der Waals surface area contributed by atoms with Crippen molar-refractivity contribution in [1.82, 2.24) is 9.97 Å². The van der Waals surface area contributed by atoms with Crippen molar-refractivity contribution in [2.24, 2.45) is 0 Å². The molecule has 0 amide bonds. The van der Waals surface area contributed by atoms with Crippen LogP contribution in [0.4, 0.5) is 0 Å².